The van der Waals surface area contributed by atoms with Crippen LogP contribution in [0.2, 0.25) is 0 Å². The third-order valence-corrected chi connectivity index (χ3v) is 1.58. The van der Waals surface area contributed by atoms with Crippen LogP contribution in [-0.4, -0.2) is 12.8 Å². The molecule has 1 aliphatic carbocycles. The van der Waals surface area contributed by atoms with E-state index in [-0.39, 0.29) is 0 Å². The first kappa shape index (κ1) is 8.72. The summed E-state index contributed by atoms with van der Waals surface area (Å²) in [6.45, 7) is 5.81. The van der Waals surface area contributed by atoms with Crippen molar-refractivity contribution in [3.63, 3.8) is 0 Å². The van der Waals surface area contributed by atoms with E-state index >= 15 is 0 Å². The van der Waals surface area contributed by atoms with Crippen LogP contribution in [0.3, 0.4) is 0 Å². The zero-order chi connectivity index (χ0) is 8.97. The van der Waals surface area contributed by atoms with Crippen LogP contribution in [-0.2, 0) is 0 Å². The molecule has 0 heterocycles. The maximum Gasteiger partial charge on any atom is 0.0643 e. The van der Waals surface area contributed by atoms with Gasteiger partial charge in [-0.3, -0.25) is 4.99 Å². The van der Waals surface area contributed by atoms with E-state index in [1.54, 1.807) is 7.05 Å². The highest BCUT2D eigenvalue weighted by atomic mass is 14.7. The maximum absolute atomic E-state index is 4.15. The second kappa shape index (κ2) is 3.86. The standard InChI is InChI=1S/C11H13N/c1-9(2)8-10-6-4-5-7-11(10)12-3/h4-8H,1H2,2-3H3/b10-8-,12-11?. The largest absolute Gasteiger partial charge is 0.288 e. The second-order valence-corrected chi connectivity index (χ2v) is 2.77. The first-order chi connectivity index (χ1) is 5.74. The molecule has 1 aliphatic rings. The Bertz CT molecular complexity index is 301. The van der Waals surface area contributed by atoms with Gasteiger partial charge in [0.05, 0.1) is 5.71 Å². The summed E-state index contributed by atoms with van der Waals surface area (Å²) in [7, 11) is 1.80. The van der Waals surface area contributed by atoms with E-state index in [0.717, 1.165) is 16.9 Å². The van der Waals surface area contributed by atoms with Crippen LogP contribution >= 0.6 is 0 Å². The Morgan fingerprint density at radius 2 is 2.08 bits per heavy atom. The van der Waals surface area contributed by atoms with Gasteiger partial charge in [-0.2, -0.15) is 0 Å². The highest BCUT2D eigenvalue weighted by molar-refractivity contribution is 6.11. The van der Waals surface area contributed by atoms with Gasteiger partial charge in [-0.25, -0.2) is 0 Å². The van der Waals surface area contributed by atoms with Gasteiger partial charge in [0.15, 0.2) is 0 Å². The summed E-state index contributed by atoms with van der Waals surface area (Å²) in [5, 5.41) is 0. The van der Waals surface area contributed by atoms with Crippen LogP contribution < -0.4 is 0 Å². The molecule has 0 saturated carbocycles. The summed E-state index contributed by atoms with van der Waals surface area (Å²) >= 11 is 0. The molecule has 12 heavy (non-hydrogen) atoms. The molecular formula is C11H13N. The predicted molar refractivity (Wildman–Crippen MR) is 54.5 cm³/mol. The monoisotopic (exact) mass is 159 g/mol. The lowest BCUT2D eigenvalue weighted by Gasteiger charge is -2.04. The average molecular weight is 159 g/mol. The van der Waals surface area contributed by atoms with E-state index in [4.69, 9.17) is 0 Å². The Kier molecular flexibility index (Phi) is 2.81. The summed E-state index contributed by atoms with van der Waals surface area (Å²) in [5.74, 6) is 0. The van der Waals surface area contributed by atoms with Crippen LogP contribution in [0.1, 0.15) is 6.92 Å². The van der Waals surface area contributed by atoms with E-state index in [0.29, 0.717) is 0 Å². The van der Waals surface area contributed by atoms with E-state index < -0.39 is 0 Å². The van der Waals surface area contributed by atoms with E-state index in [1.165, 1.54) is 0 Å². The topological polar surface area (TPSA) is 12.4 Å². The van der Waals surface area contributed by atoms with E-state index in [1.807, 2.05) is 37.3 Å². The minimum atomic E-state index is 1.01. The van der Waals surface area contributed by atoms with Gasteiger partial charge in [-0.05, 0) is 18.6 Å². The molecule has 0 amide bonds. The first-order valence-electron chi connectivity index (χ1n) is 3.93. The molecular weight excluding hydrogens is 146 g/mol. The summed E-state index contributed by atoms with van der Waals surface area (Å²) in [6.07, 6.45) is 10.1. The fourth-order valence-corrected chi connectivity index (χ4v) is 1.08. The van der Waals surface area contributed by atoms with Gasteiger partial charge in [0.2, 0.25) is 0 Å². The lowest BCUT2D eigenvalue weighted by Crippen LogP contribution is -1.99. The van der Waals surface area contributed by atoms with Crippen molar-refractivity contribution in [2.24, 2.45) is 4.99 Å². The average Bonchev–Trinajstić information content (AvgIpc) is 2.04. The van der Waals surface area contributed by atoms with Gasteiger partial charge in [0, 0.05) is 7.05 Å². The lowest BCUT2D eigenvalue weighted by atomic mass is 10.0. The number of hydrogen-bond acceptors (Lipinski definition) is 1. The number of allylic oxidation sites excluding steroid dienone is 7. The minimum Gasteiger partial charge on any atom is -0.288 e. The summed E-state index contributed by atoms with van der Waals surface area (Å²) in [6, 6.07) is 0. The third kappa shape index (κ3) is 2.06. The SMILES string of the molecule is C=C(C)/C=C1/C=CC=CC1=NC. The number of rotatable bonds is 1. The van der Waals surface area contributed by atoms with Crippen molar-refractivity contribution in [2.45, 2.75) is 6.92 Å². The first-order valence-corrected chi connectivity index (χ1v) is 3.93. The smallest absolute Gasteiger partial charge is 0.0643 e. The molecule has 0 aromatic rings. The van der Waals surface area contributed by atoms with Crippen LogP contribution in [0.15, 0.2) is 53.1 Å². The second-order valence-electron chi connectivity index (χ2n) is 2.77. The molecule has 0 aromatic carbocycles. The van der Waals surface area contributed by atoms with E-state index in [2.05, 4.69) is 11.6 Å². The predicted octanol–water partition coefficient (Wildman–Crippen LogP) is 2.69. The van der Waals surface area contributed by atoms with Crippen molar-refractivity contribution in [3.05, 3.63) is 48.1 Å². The lowest BCUT2D eigenvalue weighted by molar-refractivity contribution is 1.42. The molecule has 0 saturated heterocycles. The molecule has 1 nitrogen and oxygen atoms in total. The Balaban J connectivity index is 2.98. The fourth-order valence-electron chi connectivity index (χ4n) is 1.08. The molecule has 1 heteroatoms. The summed E-state index contributed by atoms with van der Waals surface area (Å²) in [5.41, 5.74) is 3.19. The van der Waals surface area contributed by atoms with Crippen LogP contribution in [0.5, 0.6) is 0 Å². The quantitative estimate of drug-likeness (QED) is 0.557. The van der Waals surface area contributed by atoms with Gasteiger partial charge in [0.25, 0.3) is 0 Å². The van der Waals surface area contributed by atoms with Crippen LogP contribution in [0.4, 0.5) is 0 Å². The molecule has 0 bridgehead atoms. The highest BCUT2D eigenvalue weighted by Crippen LogP contribution is 2.10. The zero-order valence-corrected chi connectivity index (χ0v) is 7.54. The van der Waals surface area contributed by atoms with Crippen molar-refractivity contribution < 1.29 is 0 Å². The Hall–Kier alpha value is -1.37. The third-order valence-electron chi connectivity index (χ3n) is 1.58. The number of nitrogens with zero attached hydrogens (tertiary/aromatic N) is 1. The van der Waals surface area contributed by atoms with Gasteiger partial charge in [-0.1, -0.05) is 36.5 Å². The van der Waals surface area contributed by atoms with Crippen molar-refractivity contribution in [3.8, 4) is 0 Å². The minimum absolute atomic E-state index is 1.01. The van der Waals surface area contributed by atoms with E-state index in [9.17, 15) is 0 Å². The maximum atomic E-state index is 4.15. The molecule has 0 spiro atoms. The van der Waals surface area contributed by atoms with Crippen LogP contribution in [0, 0.1) is 0 Å². The normalized spacial score (nSPS) is 22.2. The fraction of sp³-hybridized carbons (Fsp3) is 0.182. The molecule has 0 fully saturated rings. The highest BCUT2D eigenvalue weighted by Gasteiger charge is 2.01. The molecule has 62 valence electrons. The number of hydrogen-bond donors (Lipinski definition) is 0. The molecule has 0 radical (unpaired) electrons. The number of aliphatic imine (C=N–C) groups is 1. The van der Waals surface area contributed by atoms with Gasteiger partial charge in [0.1, 0.15) is 0 Å². The molecule has 0 unspecified atom stereocenters. The van der Waals surface area contributed by atoms with Crippen molar-refractivity contribution >= 4 is 5.71 Å². The molecule has 0 atom stereocenters. The van der Waals surface area contributed by atoms with Crippen molar-refractivity contribution in [2.75, 3.05) is 7.05 Å². The van der Waals surface area contributed by atoms with Gasteiger partial charge < -0.3 is 0 Å². The molecule has 0 aromatic heterocycles. The molecule has 0 N–H and O–H groups in total. The van der Waals surface area contributed by atoms with Gasteiger partial charge in [-0.15, -0.1) is 0 Å². The Labute approximate surface area is 73.5 Å². The summed E-state index contributed by atoms with van der Waals surface area (Å²) in [4.78, 5) is 4.15. The zero-order valence-electron chi connectivity index (χ0n) is 7.54. The van der Waals surface area contributed by atoms with Crippen molar-refractivity contribution in [1.29, 1.82) is 0 Å². The Morgan fingerprint density at radius 1 is 1.42 bits per heavy atom. The summed E-state index contributed by atoms with van der Waals surface area (Å²) < 4.78 is 0. The van der Waals surface area contributed by atoms with Gasteiger partial charge >= 0.3 is 0 Å². The molecule has 1 rings (SSSR count). The van der Waals surface area contributed by atoms with Crippen LogP contribution in [0.25, 0.3) is 0 Å². The van der Waals surface area contributed by atoms with Crippen molar-refractivity contribution in [1.82, 2.24) is 0 Å². The molecule has 0 aliphatic heterocycles. The Morgan fingerprint density at radius 3 is 2.67 bits per heavy atom.